The number of carbonyl (C=O) groups is 1. The lowest BCUT2D eigenvalue weighted by Crippen LogP contribution is -2.28. The number of nitrogens with zero attached hydrogens (tertiary/aromatic N) is 3. The van der Waals surface area contributed by atoms with Gasteiger partial charge in [0.25, 0.3) is 0 Å². The zero-order chi connectivity index (χ0) is 17.7. The van der Waals surface area contributed by atoms with Crippen molar-refractivity contribution in [3.05, 3.63) is 35.0 Å². The van der Waals surface area contributed by atoms with Gasteiger partial charge in [-0.25, -0.2) is 0 Å². The van der Waals surface area contributed by atoms with Crippen LogP contribution in [0.25, 0.3) is 11.3 Å². The molecule has 2 aromatic heterocycles. The number of rotatable bonds is 4. The van der Waals surface area contributed by atoms with Crippen LogP contribution in [0.15, 0.2) is 28.8 Å². The third-order valence-corrected chi connectivity index (χ3v) is 5.34. The van der Waals surface area contributed by atoms with E-state index in [1.165, 1.54) is 11.3 Å². The molecule has 1 saturated carbocycles. The summed E-state index contributed by atoms with van der Waals surface area (Å²) in [6, 6.07) is 7.37. The van der Waals surface area contributed by atoms with E-state index in [1.54, 1.807) is 0 Å². The topological polar surface area (TPSA) is 99.4 Å². The van der Waals surface area contributed by atoms with Crippen LogP contribution in [-0.4, -0.2) is 28.1 Å². The number of nitrogens with one attached hydrogen (secondary N) is 1. The van der Waals surface area contributed by atoms with E-state index in [0.717, 1.165) is 23.4 Å². The summed E-state index contributed by atoms with van der Waals surface area (Å²) in [6.07, 6.45) is 1.45. The van der Waals surface area contributed by atoms with Crippen LogP contribution < -0.4 is 14.8 Å². The van der Waals surface area contributed by atoms with E-state index in [2.05, 4.69) is 20.7 Å². The van der Waals surface area contributed by atoms with Crippen molar-refractivity contribution >= 4 is 22.4 Å². The average molecular weight is 370 g/mol. The first kappa shape index (κ1) is 15.3. The van der Waals surface area contributed by atoms with Crippen LogP contribution in [0.1, 0.15) is 23.5 Å². The zero-order valence-electron chi connectivity index (χ0n) is 13.8. The second-order valence-electron chi connectivity index (χ2n) is 6.31. The maximum absolute atomic E-state index is 12.7. The Labute approximate surface area is 152 Å². The molecule has 0 bridgehead atoms. The molecule has 0 atom stereocenters. The van der Waals surface area contributed by atoms with Gasteiger partial charge in [-0.1, -0.05) is 16.5 Å². The van der Waals surface area contributed by atoms with Crippen LogP contribution in [0, 0.1) is 6.92 Å². The molecule has 0 unspecified atom stereocenters. The van der Waals surface area contributed by atoms with Crippen molar-refractivity contribution in [2.24, 2.45) is 0 Å². The molecule has 3 heterocycles. The van der Waals surface area contributed by atoms with Crippen LogP contribution in [0.2, 0.25) is 0 Å². The SMILES string of the molecule is Cc1nnc(NC(=O)C2(c3cc(-c4ccc5c(c4)OCO5)on3)CC2)s1. The van der Waals surface area contributed by atoms with Crippen LogP contribution in [0.3, 0.4) is 0 Å². The smallest absolute Gasteiger partial charge is 0.238 e. The second-order valence-corrected chi connectivity index (χ2v) is 7.49. The molecule has 1 amide bonds. The lowest BCUT2D eigenvalue weighted by molar-refractivity contribution is -0.118. The van der Waals surface area contributed by atoms with Gasteiger partial charge in [0.05, 0.1) is 11.1 Å². The number of anilines is 1. The Morgan fingerprint density at radius 3 is 2.81 bits per heavy atom. The standard InChI is InChI=1S/C17H14N4O4S/c1-9-19-20-16(26-9)18-15(22)17(4-5-17)14-7-12(25-21-14)10-2-3-11-13(6-10)24-8-23-11/h2-3,6-7H,4-5,8H2,1H3,(H,18,20,22). The van der Waals surface area contributed by atoms with Gasteiger partial charge in [0.2, 0.25) is 17.8 Å². The first-order chi connectivity index (χ1) is 12.6. The van der Waals surface area contributed by atoms with Crippen molar-refractivity contribution in [3.63, 3.8) is 0 Å². The molecule has 1 fully saturated rings. The normalized spacial score (nSPS) is 16.5. The van der Waals surface area contributed by atoms with E-state index in [1.807, 2.05) is 31.2 Å². The summed E-state index contributed by atoms with van der Waals surface area (Å²) in [5, 5.41) is 16.1. The van der Waals surface area contributed by atoms with Crippen molar-refractivity contribution in [2.45, 2.75) is 25.2 Å². The fraction of sp³-hybridized carbons (Fsp3) is 0.294. The number of hydrogen-bond acceptors (Lipinski definition) is 8. The lowest BCUT2D eigenvalue weighted by atomic mass is 10.0. The number of carbonyl (C=O) groups excluding carboxylic acids is 1. The molecule has 0 radical (unpaired) electrons. The van der Waals surface area contributed by atoms with Crippen molar-refractivity contribution in [2.75, 3.05) is 12.1 Å². The van der Waals surface area contributed by atoms with Crippen LogP contribution in [0.4, 0.5) is 5.13 Å². The van der Waals surface area contributed by atoms with Gasteiger partial charge in [0.15, 0.2) is 17.3 Å². The zero-order valence-corrected chi connectivity index (χ0v) is 14.6. The number of ether oxygens (including phenoxy) is 2. The maximum Gasteiger partial charge on any atom is 0.238 e. The fourth-order valence-corrected chi connectivity index (χ4v) is 3.56. The van der Waals surface area contributed by atoms with E-state index >= 15 is 0 Å². The fourth-order valence-electron chi connectivity index (χ4n) is 2.97. The van der Waals surface area contributed by atoms with Crippen LogP contribution in [0.5, 0.6) is 11.5 Å². The summed E-state index contributed by atoms with van der Waals surface area (Å²) in [7, 11) is 0. The number of fused-ring (bicyclic) bond motifs is 1. The van der Waals surface area contributed by atoms with Gasteiger partial charge < -0.3 is 14.0 Å². The molecule has 1 N–H and O–H groups in total. The highest BCUT2D eigenvalue weighted by molar-refractivity contribution is 7.15. The van der Waals surface area contributed by atoms with Crippen LogP contribution in [-0.2, 0) is 10.2 Å². The van der Waals surface area contributed by atoms with E-state index in [-0.39, 0.29) is 12.7 Å². The molecule has 0 spiro atoms. The molecule has 0 saturated heterocycles. The van der Waals surface area contributed by atoms with Gasteiger partial charge in [-0.2, -0.15) is 0 Å². The van der Waals surface area contributed by atoms with Gasteiger partial charge in [-0.15, -0.1) is 10.2 Å². The summed E-state index contributed by atoms with van der Waals surface area (Å²) in [6.45, 7) is 2.06. The van der Waals surface area contributed by atoms with E-state index in [4.69, 9.17) is 14.0 Å². The minimum atomic E-state index is -0.655. The van der Waals surface area contributed by atoms with Gasteiger partial charge >= 0.3 is 0 Å². The molecule has 26 heavy (non-hydrogen) atoms. The highest BCUT2D eigenvalue weighted by atomic mass is 32.1. The number of aryl methyl sites for hydroxylation is 1. The summed E-state index contributed by atoms with van der Waals surface area (Å²) in [5.41, 5.74) is 0.797. The van der Waals surface area contributed by atoms with Crippen molar-refractivity contribution in [3.8, 4) is 22.8 Å². The molecular formula is C17H14N4O4S. The van der Waals surface area contributed by atoms with E-state index in [0.29, 0.717) is 28.1 Å². The van der Waals surface area contributed by atoms with Gasteiger partial charge in [-0.3, -0.25) is 10.1 Å². The van der Waals surface area contributed by atoms with Crippen molar-refractivity contribution in [1.82, 2.24) is 15.4 Å². The predicted octanol–water partition coefficient (Wildman–Crippen LogP) is 2.90. The summed E-state index contributed by atoms with van der Waals surface area (Å²) in [5.74, 6) is 1.84. The molecule has 132 valence electrons. The highest BCUT2D eigenvalue weighted by Gasteiger charge is 2.54. The predicted molar refractivity (Wildman–Crippen MR) is 92.2 cm³/mol. The van der Waals surface area contributed by atoms with Gasteiger partial charge in [0, 0.05) is 11.6 Å². The third kappa shape index (κ3) is 2.43. The summed E-state index contributed by atoms with van der Waals surface area (Å²) >= 11 is 1.34. The number of aromatic nitrogens is 3. The molecule has 9 heteroatoms. The Morgan fingerprint density at radius 1 is 1.19 bits per heavy atom. The molecule has 1 aliphatic carbocycles. The first-order valence-corrected chi connectivity index (χ1v) is 8.94. The Morgan fingerprint density at radius 2 is 2.04 bits per heavy atom. The highest BCUT2D eigenvalue weighted by Crippen LogP contribution is 2.49. The Balaban J connectivity index is 1.40. The quantitative estimate of drug-likeness (QED) is 0.754. The first-order valence-electron chi connectivity index (χ1n) is 8.13. The molecule has 1 aromatic carbocycles. The average Bonchev–Trinajstić information content (AvgIpc) is 3.01. The third-order valence-electron chi connectivity index (χ3n) is 4.59. The molecule has 3 aromatic rings. The molecular weight excluding hydrogens is 356 g/mol. The number of amides is 1. The molecule has 2 aliphatic rings. The number of benzene rings is 1. The van der Waals surface area contributed by atoms with Gasteiger partial charge in [0.1, 0.15) is 5.01 Å². The van der Waals surface area contributed by atoms with Crippen molar-refractivity contribution < 1.29 is 18.8 Å². The molecule has 8 nitrogen and oxygen atoms in total. The Hall–Kier alpha value is -2.94. The Kier molecular flexibility index (Phi) is 3.26. The van der Waals surface area contributed by atoms with Crippen molar-refractivity contribution in [1.29, 1.82) is 0 Å². The van der Waals surface area contributed by atoms with Crippen LogP contribution >= 0.6 is 11.3 Å². The summed E-state index contributed by atoms with van der Waals surface area (Å²) in [4.78, 5) is 12.7. The van der Waals surface area contributed by atoms with Gasteiger partial charge in [-0.05, 0) is 38.0 Å². The Bertz CT molecular complexity index is 1010. The maximum atomic E-state index is 12.7. The van der Waals surface area contributed by atoms with E-state index in [9.17, 15) is 4.79 Å². The minimum Gasteiger partial charge on any atom is -0.454 e. The molecule has 1 aliphatic heterocycles. The monoisotopic (exact) mass is 370 g/mol. The number of hydrogen-bond donors (Lipinski definition) is 1. The lowest BCUT2D eigenvalue weighted by Gasteiger charge is -2.09. The second kappa shape index (κ2) is 5.53. The molecule has 5 rings (SSSR count). The summed E-state index contributed by atoms with van der Waals surface area (Å²) < 4.78 is 16.2. The van der Waals surface area contributed by atoms with E-state index < -0.39 is 5.41 Å². The minimum absolute atomic E-state index is 0.126. The largest absolute Gasteiger partial charge is 0.454 e.